The number of nitro benzene ring substituents is 1. The first kappa shape index (κ1) is 16.6. The fraction of sp³-hybridized carbons (Fsp3) is 0.556. The lowest BCUT2D eigenvalue weighted by Gasteiger charge is -2.49. The van der Waals surface area contributed by atoms with Gasteiger partial charge in [0.05, 0.1) is 10.3 Å². The molecule has 2 aliphatic rings. The number of nitrogens with zero attached hydrogens (tertiary/aromatic N) is 1. The SMILES string of the molecule is CC1(C)C(=O)O[C@@H](c2ccc([N+](=O)[O-])cc2)C2(CCCCC2)C1=O. The Kier molecular flexibility index (Phi) is 3.94. The van der Waals surface area contributed by atoms with E-state index in [1.54, 1.807) is 26.0 Å². The van der Waals surface area contributed by atoms with Crippen molar-refractivity contribution in [3.8, 4) is 0 Å². The Bertz CT molecular complexity index is 686. The standard InChI is InChI=1S/C18H21NO5/c1-17(2)15(20)18(10-4-3-5-11-18)14(24-16(17)21)12-6-8-13(9-7-12)19(22)23/h6-9,14H,3-5,10-11H2,1-2H3/t14-/m0/s1. The Balaban J connectivity index is 2.05. The molecule has 1 saturated carbocycles. The molecule has 0 radical (unpaired) electrons. The van der Waals surface area contributed by atoms with Crippen molar-refractivity contribution in [3.05, 3.63) is 39.9 Å². The van der Waals surface area contributed by atoms with Crippen LogP contribution in [-0.4, -0.2) is 16.7 Å². The molecule has 6 nitrogen and oxygen atoms in total. The molecule has 3 rings (SSSR count). The van der Waals surface area contributed by atoms with Gasteiger partial charge < -0.3 is 4.74 Å². The van der Waals surface area contributed by atoms with Gasteiger partial charge in [-0.05, 0) is 44.4 Å². The summed E-state index contributed by atoms with van der Waals surface area (Å²) >= 11 is 0. The van der Waals surface area contributed by atoms with Gasteiger partial charge in [-0.3, -0.25) is 19.7 Å². The number of esters is 1. The monoisotopic (exact) mass is 331 g/mol. The highest BCUT2D eigenvalue weighted by Crippen LogP contribution is 2.55. The van der Waals surface area contributed by atoms with Gasteiger partial charge in [-0.25, -0.2) is 0 Å². The van der Waals surface area contributed by atoms with E-state index >= 15 is 0 Å². The lowest BCUT2D eigenvalue weighted by atomic mass is 9.59. The second kappa shape index (κ2) is 5.69. The smallest absolute Gasteiger partial charge is 0.319 e. The van der Waals surface area contributed by atoms with Crippen LogP contribution < -0.4 is 0 Å². The number of cyclic esters (lactones) is 1. The summed E-state index contributed by atoms with van der Waals surface area (Å²) in [5.41, 5.74) is -1.23. The van der Waals surface area contributed by atoms with E-state index in [2.05, 4.69) is 0 Å². The number of ketones is 1. The first-order valence-electron chi connectivity index (χ1n) is 8.29. The number of hydrogen-bond donors (Lipinski definition) is 0. The average Bonchev–Trinajstić information content (AvgIpc) is 2.58. The highest BCUT2D eigenvalue weighted by atomic mass is 16.6. The van der Waals surface area contributed by atoms with Crippen molar-refractivity contribution >= 4 is 17.4 Å². The average molecular weight is 331 g/mol. The van der Waals surface area contributed by atoms with E-state index in [9.17, 15) is 19.7 Å². The quantitative estimate of drug-likeness (QED) is 0.356. The maximum atomic E-state index is 13.2. The van der Waals surface area contributed by atoms with Crippen molar-refractivity contribution < 1.29 is 19.2 Å². The third kappa shape index (κ3) is 2.41. The van der Waals surface area contributed by atoms with E-state index in [-0.39, 0.29) is 11.5 Å². The minimum atomic E-state index is -1.14. The van der Waals surface area contributed by atoms with Gasteiger partial charge in [-0.15, -0.1) is 0 Å². The predicted octanol–water partition coefficient (Wildman–Crippen LogP) is 3.74. The number of hydrogen-bond acceptors (Lipinski definition) is 5. The Morgan fingerprint density at radius 2 is 1.67 bits per heavy atom. The summed E-state index contributed by atoms with van der Waals surface area (Å²) in [5.74, 6) is -0.582. The first-order valence-corrected chi connectivity index (χ1v) is 8.29. The summed E-state index contributed by atoms with van der Waals surface area (Å²) in [6.45, 7) is 3.25. The number of nitro groups is 1. The van der Waals surface area contributed by atoms with Gasteiger partial charge in [0.25, 0.3) is 5.69 Å². The number of carbonyl (C=O) groups is 2. The van der Waals surface area contributed by atoms with Crippen LogP contribution in [0, 0.1) is 20.9 Å². The summed E-state index contributed by atoms with van der Waals surface area (Å²) in [4.78, 5) is 35.9. The third-order valence-corrected chi connectivity index (χ3v) is 5.41. The van der Waals surface area contributed by atoms with E-state index in [0.717, 1.165) is 19.3 Å². The van der Waals surface area contributed by atoms with E-state index in [4.69, 9.17) is 4.74 Å². The molecular weight excluding hydrogens is 310 g/mol. The molecule has 1 atom stereocenters. The van der Waals surface area contributed by atoms with Crippen molar-refractivity contribution in [2.45, 2.75) is 52.1 Å². The van der Waals surface area contributed by atoms with Crippen LogP contribution in [0.3, 0.4) is 0 Å². The van der Waals surface area contributed by atoms with E-state index in [1.807, 2.05) is 0 Å². The van der Waals surface area contributed by atoms with Crippen molar-refractivity contribution in [2.24, 2.45) is 10.8 Å². The highest BCUT2D eigenvalue weighted by molar-refractivity contribution is 6.08. The topological polar surface area (TPSA) is 86.5 Å². The van der Waals surface area contributed by atoms with E-state index in [1.165, 1.54) is 12.1 Å². The fourth-order valence-electron chi connectivity index (χ4n) is 4.03. The second-order valence-electron chi connectivity index (χ2n) is 7.30. The van der Waals surface area contributed by atoms with Gasteiger partial charge in [0.2, 0.25) is 0 Å². The zero-order chi connectivity index (χ0) is 17.5. The molecule has 1 aromatic carbocycles. The number of rotatable bonds is 2. The van der Waals surface area contributed by atoms with E-state index in [0.29, 0.717) is 18.4 Å². The van der Waals surface area contributed by atoms with Crippen LogP contribution in [-0.2, 0) is 14.3 Å². The number of non-ortho nitro benzene ring substituents is 1. The Morgan fingerprint density at radius 3 is 2.21 bits per heavy atom. The molecule has 0 unspecified atom stereocenters. The Morgan fingerprint density at radius 1 is 1.08 bits per heavy atom. The summed E-state index contributed by atoms with van der Waals surface area (Å²) in [6, 6.07) is 5.98. The summed E-state index contributed by atoms with van der Waals surface area (Å²) < 4.78 is 5.72. The van der Waals surface area contributed by atoms with Gasteiger partial charge in [-0.1, -0.05) is 19.3 Å². The summed E-state index contributed by atoms with van der Waals surface area (Å²) in [7, 11) is 0. The summed E-state index contributed by atoms with van der Waals surface area (Å²) in [6.07, 6.45) is 3.61. The van der Waals surface area contributed by atoms with Crippen molar-refractivity contribution in [1.29, 1.82) is 0 Å². The van der Waals surface area contributed by atoms with Crippen molar-refractivity contribution in [3.63, 3.8) is 0 Å². The first-order chi connectivity index (χ1) is 11.3. The molecular formula is C18H21NO5. The van der Waals surface area contributed by atoms with Crippen LogP contribution in [0.4, 0.5) is 5.69 Å². The van der Waals surface area contributed by atoms with Crippen LogP contribution in [0.25, 0.3) is 0 Å². The van der Waals surface area contributed by atoms with Gasteiger partial charge in [0.1, 0.15) is 11.5 Å². The number of Topliss-reactive ketones (excluding diaryl/α,β-unsaturated/α-hetero) is 1. The zero-order valence-corrected chi connectivity index (χ0v) is 13.9. The molecule has 1 aromatic rings. The molecule has 0 bridgehead atoms. The van der Waals surface area contributed by atoms with Crippen molar-refractivity contribution in [1.82, 2.24) is 0 Å². The molecule has 24 heavy (non-hydrogen) atoms. The number of benzene rings is 1. The Labute approximate surface area is 140 Å². The molecule has 1 spiro atoms. The molecule has 0 amide bonds. The Hall–Kier alpha value is -2.24. The number of ether oxygens (including phenoxy) is 1. The van der Waals surface area contributed by atoms with Crippen LogP contribution in [0.1, 0.15) is 57.6 Å². The maximum absolute atomic E-state index is 13.2. The molecule has 2 fully saturated rings. The van der Waals surface area contributed by atoms with Crippen LogP contribution in [0.2, 0.25) is 0 Å². The molecule has 128 valence electrons. The molecule has 0 aromatic heterocycles. The molecule has 0 N–H and O–H groups in total. The third-order valence-electron chi connectivity index (χ3n) is 5.41. The minimum Gasteiger partial charge on any atom is -0.456 e. The molecule has 1 heterocycles. The molecule has 6 heteroatoms. The van der Waals surface area contributed by atoms with Crippen LogP contribution >= 0.6 is 0 Å². The predicted molar refractivity (Wildman–Crippen MR) is 86.2 cm³/mol. The molecule has 1 saturated heterocycles. The van der Waals surface area contributed by atoms with Crippen LogP contribution in [0.15, 0.2) is 24.3 Å². The van der Waals surface area contributed by atoms with Gasteiger partial charge in [-0.2, -0.15) is 0 Å². The molecule has 1 aliphatic carbocycles. The lowest BCUT2D eigenvalue weighted by Crippen LogP contribution is -2.55. The number of carbonyl (C=O) groups excluding carboxylic acids is 2. The van der Waals surface area contributed by atoms with Crippen molar-refractivity contribution in [2.75, 3.05) is 0 Å². The second-order valence-corrected chi connectivity index (χ2v) is 7.30. The normalized spacial score (nSPS) is 25.3. The fourth-order valence-corrected chi connectivity index (χ4v) is 4.03. The van der Waals surface area contributed by atoms with Gasteiger partial charge in [0.15, 0.2) is 5.78 Å². The molecule has 1 aliphatic heterocycles. The largest absolute Gasteiger partial charge is 0.456 e. The lowest BCUT2D eigenvalue weighted by molar-refractivity contribution is -0.384. The van der Waals surface area contributed by atoms with Gasteiger partial charge in [0, 0.05) is 12.1 Å². The van der Waals surface area contributed by atoms with Crippen LogP contribution in [0.5, 0.6) is 0 Å². The highest BCUT2D eigenvalue weighted by Gasteiger charge is 2.60. The van der Waals surface area contributed by atoms with Gasteiger partial charge >= 0.3 is 5.97 Å². The summed E-state index contributed by atoms with van der Waals surface area (Å²) in [5, 5.41) is 10.8. The zero-order valence-electron chi connectivity index (χ0n) is 13.9. The maximum Gasteiger partial charge on any atom is 0.319 e. The van der Waals surface area contributed by atoms with E-state index < -0.39 is 27.8 Å². The minimum absolute atomic E-state index is 0.0229.